The van der Waals surface area contributed by atoms with Crippen molar-refractivity contribution in [2.45, 2.75) is 6.18 Å². The molecule has 1 N–H and O–H groups in total. The molecule has 3 rings (SSSR count). The van der Waals surface area contributed by atoms with Crippen LogP contribution >= 0.6 is 22.7 Å². The first-order chi connectivity index (χ1) is 10.9. The summed E-state index contributed by atoms with van der Waals surface area (Å²) in [5.74, 6) is -0.0418. The zero-order chi connectivity index (χ0) is 16.6. The minimum absolute atomic E-state index is 0.0339. The third kappa shape index (κ3) is 3.15. The number of halogens is 3. The van der Waals surface area contributed by atoms with Crippen LogP contribution in [-0.4, -0.2) is 15.0 Å². The molecule has 0 spiro atoms. The maximum Gasteiger partial charge on any atom is 0.434 e. The molecule has 0 bridgehead atoms. The number of nitrogens with one attached hydrogen (secondary N) is 1. The second kappa shape index (κ2) is 5.60. The van der Waals surface area contributed by atoms with E-state index in [9.17, 15) is 18.0 Å². The van der Waals surface area contributed by atoms with Gasteiger partial charge in [0.1, 0.15) is 6.07 Å². The molecule has 3 heterocycles. The van der Waals surface area contributed by atoms with Crippen LogP contribution in [0.25, 0.3) is 21.4 Å². The Balaban J connectivity index is 2.06. The lowest BCUT2D eigenvalue weighted by molar-refractivity contribution is -0.140. The molecule has 0 saturated carbocycles. The lowest BCUT2D eigenvalue weighted by Crippen LogP contribution is -2.09. The van der Waals surface area contributed by atoms with Crippen molar-refractivity contribution < 1.29 is 13.2 Å². The molecule has 0 atom stereocenters. The fourth-order valence-corrected chi connectivity index (χ4v) is 3.29. The molecule has 3 aromatic rings. The molecule has 116 valence electrons. The monoisotopic (exact) mass is 354 g/mol. The van der Waals surface area contributed by atoms with Crippen molar-refractivity contribution in [3.05, 3.63) is 44.5 Å². The van der Waals surface area contributed by atoms with Crippen molar-refractivity contribution in [1.29, 1.82) is 5.26 Å². The number of nitrogens with zero attached hydrogens (tertiary/aromatic N) is 3. The van der Waals surface area contributed by atoms with E-state index >= 15 is 0 Å². The molecule has 0 saturated heterocycles. The molecule has 0 aromatic carbocycles. The van der Waals surface area contributed by atoms with Gasteiger partial charge in [0.2, 0.25) is 0 Å². The maximum atomic E-state index is 12.6. The maximum absolute atomic E-state index is 12.6. The molecular formula is C13H5F3N4OS2. The van der Waals surface area contributed by atoms with Gasteiger partial charge in [0, 0.05) is 16.8 Å². The van der Waals surface area contributed by atoms with Crippen molar-refractivity contribution in [1.82, 2.24) is 15.0 Å². The van der Waals surface area contributed by atoms with E-state index in [4.69, 9.17) is 5.26 Å². The lowest BCUT2D eigenvalue weighted by atomic mass is 10.3. The first kappa shape index (κ1) is 15.4. The van der Waals surface area contributed by atoms with Crippen LogP contribution in [-0.2, 0) is 6.18 Å². The van der Waals surface area contributed by atoms with Gasteiger partial charge in [-0.15, -0.1) is 22.7 Å². The smallest absolute Gasteiger partial charge is 0.304 e. The van der Waals surface area contributed by atoms with Crippen molar-refractivity contribution in [2.24, 2.45) is 0 Å². The van der Waals surface area contributed by atoms with E-state index in [0.29, 0.717) is 10.4 Å². The van der Waals surface area contributed by atoms with Crippen LogP contribution in [0.2, 0.25) is 0 Å². The van der Waals surface area contributed by atoms with E-state index in [2.05, 4.69) is 15.0 Å². The summed E-state index contributed by atoms with van der Waals surface area (Å²) in [6.45, 7) is 0. The number of alkyl halides is 3. The quantitative estimate of drug-likeness (QED) is 0.763. The van der Waals surface area contributed by atoms with Gasteiger partial charge in [-0.25, -0.2) is 9.97 Å². The fraction of sp³-hybridized carbons (Fsp3) is 0.0769. The summed E-state index contributed by atoms with van der Waals surface area (Å²) >= 11 is 1.95. The van der Waals surface area contributed by atoms with Gasteiger partial charge >= 0.3 is 6.18 Å². The molecule has 3 aromatic heterocycles. The predicted molar refractivity (Wildman–Crippen MR) is 79.0 cm³/mol. The van der Waals surface area contributed by atoms with Gasteiger partial charge in [0.15, 0.2) is 16.5 Å². The summed E-state index contributed by atoms with van der Waals surface area (Å²) < 4.78 is 37.8. The van der Waals surface area contributed by atoms with E-state index in [1.165, 1.54) is 17.4 Å². The fourth-order valence-electron chi connectivity index (χ4n) is 1.73. The number of thiazole rings is 1. The second-order valence-electron chi connectivity index (χ2n) is 4.33. The molecule has 0 amide bonds. The number of aromatic nitrogens is 3. The second-order valence-corrected chi connectivity index (χ2v) is 6.10. The highest BCUT2D eigenvalue weighted by Gasteiger charge is 2.34. The van der Waals surface area contributed by atoms with Crippen LogP contribution in [0.5, 0.6) is 0 Å². The molecule has 0 aliphatic carbocycles. The topological polar surface area (TPSA) is 82.4 Å². The highest BCUT2D eigenvalue weighted by molar-refractivity contribution is 7.13. The van der Waals surface area contributed by atoms with E-state index < -0.39 is 17.4 Å². The number of H-pyrrole nitrogens is 1. The number of nitriles is 1. The highest BCUT2D eigenvalue weighted by atomic mass is 32.1. The van der Waals surface area contributed by atoms with E-state index in [1.807, 2.05) is 6.07 Å². The Hall–Kier alpha value is -2.51. The van der Waals surface area contributed by atoms with Gasteiger partial charge < -0.3 is 4.98 Å². The molecule has 23 heavy (non-hydrogen) atoms. The normalized spacial score (nSPS) is 11.4. The summed E-state index contributed by atoms with van der Waals surface area (Å²) in [6, 6.07) is 4.73. The summed E-state index contributed by atoms with van der Waals surface area (Å²) in [6.07, 6.45) is -4.55. The SMILES string of the molecule is N#Cc1csc(-c2cc(=O)[nH]c(-c3nc(C(F)(F)F)cs3)n2)c1. The molecule has 5 nitrogen and oxygen atoms in total. The first-order valence-electron chi connectivity index (χ1n) is 6.00. The van der Waals surface area contributed by atoms with Crippen LogP contribution < -0.4 is 5.56 Å². The average Bonchev–Trinajstić information content (AvgIpc) is 3.15. The Morgan fingerprint density at radius 2 is 1.96 bits per heavy atom. The zero-order valence-corrected chi connectivity index (χ0v) is 12.6. The molecule has 0 fully saturated rings. The van der Waals surface area contributed by atoms with Gasteiger partial charge in [-0.3, -0.25) is 4.79 Å². The van der Waals surface area contributed by atoms with Crippen molar-refractivity contribution in [2.75, 3.05) is 0 Å². The average molecular weight is 354 g/mol. The van der Waals surface area contributed by atoms with E-state index in [-0.39, 0.29) is 16.5 Å². The Kier molecular flexibility index (Phi) is 3.75. The molecule has 0 radical (unpaired) electrons. The first-order valence-corrected chi connectivity index (χ1v) is 7.76. The molecule has 10 heteroatoms. The number of rotatable bonds is 2. The van der Waals surface area contributed by atoms with Gasteiger partial charge in [0.05, 0.1) is 16.1 Å². The predicted octanol–water partition coefficient (Wildman–Crippen LogP) is 3.51. The van der Waals surface area contributed by atoms with Gasteiger partial charge in [-0.2, -0.15) is 18.4 Å². The van der Waals surface area contributed by atoms with Crippen LogP contribution in [0.4, 0.5) is 13.2 Å². The number of aromatic amines is 1. The van der Waals surface area contributed by atoms with E-state index in [0.717, 1.165) is 16.7 Å². The van der Waals surface area contributed by atoms with Crippen LogP contribution in [0.15, 0.2) is 27.7 Å². The van der Waals surface area contributed by atoms with Crippen LogP contribution in [0.1, 0.15) is 11.3 Å². The molecular weight excluding hydrogens is 349 g/mol. The largest absolute Gasteiger partial charge is 0.434 e. The lowest BCUT2D eigenvalue weighted by Gasteiger charge is -2.01. The number of hydrogen-bond acceptors (Lipinski definition) is 6. The molecule has 0 aliphatic rings. The Morgan fingerprint density at radius 1 is 1.17 bits per heavy atom. The Bertz CT molecular complexity index is 964. The summed E-state index contributed by atoms with van der Waals surface area (Å²) in [4.78, 5) is 22.3. The summed E-state index contributed by atoms with van der Waals surface area (Å²) in [5.41, 5.74) is -0.852. The Labute approximate surface area is 134 Å². The summed E-state index contributed by atoms with van der Waals surface area (Å²) in [7, 11) is 0. The number of hydrogen-bond donors (Lipinski definition) is 1. The van der Waals surface area contributed by atoms with Crippen molar-refractivity contribution >= 4 is 22.7 Å². The van der Waals surface area contributed by atoms with Crippen molar-refractivity contribution in [3.8, 4) is 27.5 Å². The minimum atomic E-state index is -4.55. The van der Waals surface area contributed by atoms with Gasteiger partial charge in [-0.1, -0.05) is 0 Å². The Morgan fingerprint density at radius 3 is 2.57 bits per heavy atom. The molecule has 0 aliphatic heterocycles. The summed E-state index contributed by atoms with van der Waals surface area (Å²) in [5, 5.41) is 11.2. The molecule has 0 unspecified atom stereocenters. The van der Waals surface area contributed by atoms with Crippen LogP contribution in [0, 0.1) is 11.3 Å². The van der Waals surface area contributed by atoms with Gasteiger partial charge in [0.25, 0.3) is 5.56 Å². The third-order valence-electron chi connectivity index (χ3n) is 2.72. The van der Waals surface area contributed by atoms with Crippen molar-refractivity contribution in [3.63, 3.8) is 0 Å². The minimum Gasteiger partial charge on any atom is -0.304 e. The third-order valence-corrected chi connectivity index (χ3v) is 4.52. The van der Waals surface area contributed by atoms with Gasteiger partial charge in [-0.05, 0) is 6.07 Å². The number of thiophene rings is 1. The van der Waals surface area contributed by atoms with Crippen LogP contribution in [0.3, 0.4) is 0 Å². The van der Waals surface area contributed by atoms with E-state index in [1.54, 1.807) is 11.4 Å². The zero-order valence-electron chi connectivity index (χ0n) is 11.0. The highest BCUT2D eigenvalue weighted by Crippen LogP contribution is 2.33. The standard InChI is InChI=1S/C13H5F3N4OS2/c14-13(15,16)9-5-23-12(19-9)11-18-7(2-10(21)20-11)8-1-6(3-17)4-22-8/h1-2,4-5H,(H,18,20,21).